The Morgan fingerprint density at radius 2 is 1.86 bits per heavy atom. The third-order valence-electron chi connectivity index (χ3n) is 5.27. The molecule has 4 heteroatoms. The molecular weight excluding hydrogens is 348 g/mol. The van der Waals surface area contributed by atoms with E-state index in [0.717, 1.165) is 29.9 Å². The molecule has 144 valence electrons. The largest absolute Gasteiger partial charge is 0.469 e. The van der Waals surface area contributed by atoms with Crippen LogP contribution in [-0.4, -0.2) is 24.9 Å². The first-order chi connectivity index (χ1) is 13.6. The predicted octanol–water partition coefficient (Wildman–Crippen LogP) is 4.43. The maximum Gasteiger partial charge on any atom is 0.224 e. The SMILES string of the molecule is CN(C)Cc1ccc(-c2ccccc2CNC(=O)C2CC2c2ccco2)cc1. The standard InChI is InChI=1S/C24H26N2O2/c1-26(2)16-17-9-11-18(12-10-17)20-7-4-3-6-19(20)15-25-24(27)22-14-21(22)23-8-5-13-28-23/h3-13,21-22H,14-16H2,1-2H3,(H,25,27). The summed E-state index contributed by atoms with van der Waals surface area (Å²) in [5.74, 6) is 1.29. The van der Waals surface area contributed by atoms with Crippen LogP contribution in [0.1, 0.15) is 29.2 Å². The molecule has 1 amide bonds. The van der Waals surface area contributed by atoms with E-state index in [1.165, 1.54) is 11.1 Å². The molecule has 1 saturated carbocycles. The zero-order valence-corrected chi connectivity index (χ0v) is 16.4. The van der Waals surface area contributed by atoms with Crippen LogP contribution in [0.5, 0.6) is 0 Å². The second kappa shape index (κ2) is 8.03. The Hall–Kier alpha value is -2.85. The molecule has 0 saturated heterocycles. The van der Waals surface area contributed by atoms with Gasteiger partial charge in [0.1, 0.15) is 5.76 Å². The highest BCUT2D eigenvalue weighted by atomic mass is 16.3. The fourth-order valence-corrected chi connectivity index (χ4v) is 3.73. The highest BCUT2D eigenvalue weighted by Gasteiger charge is 2.45. The van der Waals surface area contributed by atoms with Gasteiger partial charge in [0.2, 0.25) is 5.91 Å². The lowest BCUT2D eigenvalue weighted by Gasteiger charge is -2.13. The van der Waals surface area contributed by atoms with Gasteiger partial charge in [-0.2, -0.15) is 0 Å². The monoisotopic (exact) mass is 374 g/mol. The van der Waals surface area contributed by atoms with E-state index in [4.69, 9.17) is 4.42 Å². The van der Waals surface area contributed by atoms with Crippen molar-refractivity contribution in [1.29, 1.82) is 0 Å². The fraction of sp³-hybridized carbons (Fsp3) is 0.292. The summed E-state index contributed by atoms with van der Waals surface area (Å²) in [6.45, 7) is 1.46. The summed E-state index contributed by atoms with van der Waals surface area (Å²) in [5, 5.41) is 3.11. The van der Waals surface area contributed by atoms with E-state index in [2.05, 4.69) is 60.7 Å². The zero-order chi connectivity index (χ0) is 19.5. The van der Waals surface area contributed by atoms with Crippen LogP contribution in [0.25, 0.3) is 11.1 Å². The third kappa shape index (κ3) is 4.18. The molecule has 1 N–H and O–H groups in total. The fourth-order valence-electron chi connectivity index (χ4n) is 3.73. The lowest BCUT2D eigenvalue weighted by molar-refractivity contribution is -0.122. The topological polar surface area (TPSA) is 45.5 Å². The molecule has 1 aliphatic rings. The molecule has 2 aromatic carbocycles. The maximum atomic E-state index is 12.5. The van der Waals surface area contributed by atoms with Crippen molar-refractivity contribution in [1.82, 2.24) is 10.2 Å². The number of nitrogens with one attached hydrogen (secondary N) is 1. The van der Waals surface area contributed by atoms with Gasteiger partial charge in [0.05, 0.1) is 6.26 Å². The van der Waals surface area contributed by atoms with Crippen LogP contribution in [0, 0.1) is 5.92 Å². The average molecular weight is 374 g/mol. The van der Waals surface area contributed by atoms with Crippen LogP contribution in [-0.2, 0) is 17.9 Å². The van der Waals surface area contributed by atoms with Crippen LogP contribution in [0.4, 0.5) is 0 Å². The molecular formula is C24H26N2O2. The van der Waals surface area contributed by atoms with Crippen molar-refractivity contribution < 1.29 is 9.21 Å². The van der Waals surface area contributed by atoms with Gasteiger partial charge in [-0.1, -0.05) is 48.5 Å². The Bertz CT molecular complexity index is 930. The Morgan fingerprint density at radius 3 is 2.57 bits per heavy atom. The molecule has 1 fully saturated rings. The molecule has 28 heavy (non-hydrogen) atoms. The molecule has 0 aliphatic heterocycles. The van der Waals surface area contributed by atoms with Crippen molar-refractivity contribution in [2.75, 3.05) is 14.1 Å². The van der Waals surface area contributed by atoms with E-state index in [9.17, 15) is 4.79 Å². The summed E-state index contributed by atoms with van der Waals surface area (Å²) in [5.41, 5.74) is 4.76. The number of carbonyl (C=O) groups excluding carboxylic acids is 1. The number of hydrogen-bond acceptors (Lipinski definition) is 3. The van der Waals surface area contributed by atoms with Crippen molar-refractivity contribution in [3.63, 3.8) is 0 Å². The third-order valence-corrected chi connectivity index (χ3v) is 5.27. The Labute approximate surface area is 166 Å². The number of rotatable bonds is 7. The van der Waals surface area contributed by atoms with E-state index in [1.807, 2.05) is 24.3 Å². The van der Waals surface area contributed by atoms with Crippen LogP contribution >= 0.6 is 0 Å². The summed E-state index contributed by atoms with van der Waals surface area (Å²) >= 11 is 0. The molecule has 1 aromatic heterocycles. The molecule has 1 heterocycles. The number of carbonyl (C=O) groups is 1. The van der Waals surface area contributed by atoms with Gasteiger partial charge in [-0.3, -0.25) is 4.79 Å². The van der Waals surface area contributed by atoms with Crippen LogP contribution < -0.4 is 5.32 Å². The number of furan rings is 1. The number of amides is 1. The van der Waals surface area contributed by atoms with E-state index >= 15 is 0 Å². The molecule has 3 aromatic rings. The molecule has 0 spiro atoms. The molecule has 0 radical (unpaired) electrons. The molecule has 0 bridgehead atoms. The summed E-state index contributed by atoms with van der Waals surface area (Å²) < 4.78 is 5.43. The lowest BCUT2D eigenvalue weighted by atomic mass is 9.98. The minimum absolute atomic E-state index is 0.0311. The van der Waals surface area contributed by atoms with Crippen molar-refractivity contribution in [3.8, 4) is 11.1 Å². The zero-order valence-electron chi connectivity index (χ0n) is 16.4. The van der Waals surface area contributed by atoms with Gasteiger partial charge in [0.25, 0.3) is 0 Å². The van der Waals surface area contributed by atoms with Crippen molar-refractivity contribution in [2.45, 2.75) is 25.4 Å². The van der Waals surface area contributed by atoms with Gasteiger partial charge in [-0.15, -0.1) is 0 Å². The molecule has 2 unspecified atom stereocenters. The summed E-state index contributed by atoms with van der Waals surface area (Å²) in [6.07, 6.45) is 2.54. The second-order valence-electron chi connectivity index (χ2n) is 7.77. The normalized spacial score (nSPS) is 18.2. The number of nitrogens with zero attached hydrogens (tertiary/aromatic N) is 1. The van der Waals surface area contributed by atoms with Crippen LogP contribution in [0.2, 0.25) is 0 Å². The molecule has 2 atom stereocenters. The van der Waals surface area contributed by atoms with Crippen LogP contribution in [0.15, 0.2) is 71.3 Å². The van der Waals surface area contributed by atoms with Crippen LogP contribution in [0.3, 0.4) is 0 Å². The van der Waals surface area contributed by atoms with Crippen molar-refractivity contribution in [3.05, 3.63) is 83.8 Å². The van der Waals surface area contributed by atoms with Gasteiger partial charge in [-0.25, -0.2) is 0 Å². The average Bonchev–Trinajstić information content (AvgIpc) is 3.31. The van der Waals surface area contributed by atoms with Gasteiger partial charge >= 0.3 is 0 Å². The van der Waals surface area contributed by atoms with E-state index < -0.39 is 0 Å². The Morgan fingerprint density at radius 1 is 1.07 bits per heavy atom. The first-order valence-electron chi connectivity index (χ1n) is 9.75. The maximum absolute atomic E-state index is 12.5. The Kier molecular flexibility index (Phi) is 5.31. The second-order valence-corrected chi connectivity index (χ2v) is 7.77. The van der Waals surface area contributed by atoms with Gasteiger partial charge in [-0.05, 0) is 54.9 Å². The number of benzene rings is 2. The smallest absolute Gasteiger partial charge is 0.224 e. The summed E-state index contributed by atoms with van der Waals surface area (Å²) in [6, 6.07) is 20.8. The van der Waals surface area contributed by atoms with Crippen molar-refractivity contribution >= 4 is 5.91 Å². The highest BCUT2D eigenvalue weighted by Crippen LogP contribution is 2.47. The lowest BCUT2D eigenvalue weighted by Crippen LogP contribution is -2.25. The first-order valence-corrected chi connectivity index (χ1v) is 9.75. The van der Waals surface area contributed by atoms with E-state index in [1.54, 1.807) is 6.26 Å². The molecule has 4 nitrogen and oxygen atoms in total. The predicted molar refractivity (Wildman–Crippen MR) is 111 cm³/mol. The summed E-state index contributed by atoms with van der Waals surface area (Å²) in [7, 11) is 4.14. The van der Waals surface area contributed by atoms with Crippen molar-refractivity contribution in [2.24, 2.45) is 5.92 Å². The summed E-state index contributed by atoms with van der Waals surface area (Å²) in [4.78, 5) is 14.7. The first kappa shape index (κ1) is 18.5. The van der Waals surface area contributed by atoms with Gasteiger partial charge in [0, 0.05) is 24.9 Å². The quantitative estimate of drug-likeness (QED) is 0.665. The minimum atomic E-state index is 0.0311. The van der Waals surface area contributed by atoms with E-state index in [0.29, 0.717) is 6.54 Å². The molecule has 4 rings (SSSR count). The van der Waals surface area contributed by atoms with Gasteiger partial charge in [0.15, 0.2) is 0 Å². The Balaban J connectivity index is 1.41. The van der Waals surface area contributed by atoms with E-state index in [-0.39, 0.29) is 17.7 Å². The van der Waals surface area contributed by atoms with Gasteiger partial charge < -0.3 is 14.6 Å². The number of hydrogen-bond donors (Lipinski definition) is 1. The highest BCUT2D eigenvalue weighted by molar-refractivity contribution is 5.83. The molecule has 1 aliphatic carbocycles. The minimum Gasteiger partial charge on any atom is -0.469 e.